The predicted molar refractivity (Wildman–Crippen MR) is 79.0 cm³/mol. The third kappa shape index (κ3) is 2.94. The molecule has 0 fully saturated rings. The number of halogens is 1. The lowest BCUT2D eigenvalue weighted by molar-refractivity contribution is 0.103. The molecule has 0 aliphatic carbocycles. The summed E-state index contributed by atoms with van der Waals surface area (Å²) in [4.78, 5) is 12.6. The molecule has 0 spiro atoms. The largest absolute Gasteiger partial charge is 0.497 e. The van der Waals surface area contributed by atoms with E-state index in [1.165, 1.54) is 0 Å². The molecule has 0 saturated carbocycles. The van der Waals surface area contributed by atoms with Crippen LogP contribution >= 0.6 is 11.6 Å². The van der Waals surface area contributed by atoms with Crippen LogP contribution in [-0.4, -0.2) is 19.5 Å². The van der Waals surface area contributed by atoms with E-state index >= 15 is 0 Å². The van der Waals surface area contributed by atoms with Crippen LogP contribution in [0, 0.1) is 0 Å². The van der Waals surface area contributed by atoms with Crippen molar-refractivity contribution in [2.45, 2.75) is 6.92 Å². The Hall–Kier alpha value is -2.00. The van der Waals surface area contributed by atoms with Gasteiger partial charge in [-0.05, 0) is 37.3 Å². The highest BCUT2D eigenvalue weighted by molar-refractivity contribution is 6.35. The number of carbonyl (C=O) groups is 1. The molecule has 0 N–H and O–H groups in total. The Morgan fingerprint density at radius 2 is 1.90 bits per heavy atom. The highest BCUT2D eigenvalue weighted by Gasteiger charge is 2.17. The Bertz CT molecular complexity index is 623. The fourth-order valence-electron chi connectivity index (χ4n) is 1.89. The third-order valence-corrected chi connectivity index (χ3v) is 3.17. The molecule has 0 atom stereocenters. The van der Waals surface area contributed by atoms with Crippen LogP contribution in [0.3, 0.4) is 0 Å². The average molecular weight is 291 g/mol. The minimum Gasteiger partial charge on any atom is -0.497 e. The summed E-state index contributed by atoms with van der Waals surface area (Å²) in [6, 6.07) is 12.1. The monoisotopic (exact) mass is 290 g/mol. The number of hydrogen-bond donors (Lipinski definition) is 0. The SMILES string of the molecule is CCOc1ccccc1C(=O)c1ccc(OC)cc1Cl. The van der Waals surface area contributed by atoms with E-state index in [4.69, 9.17) is 21.1 Å². The molecule has 0 unspecified atom stereocenters. The number of ketones is 1. The Labute approximate surface area is 123 Å². The molecule has 0 aliphatic rings. The first-order valence-corrected chi connectivity index (χ1v) is 6.65. The number of para-hydroxylation sites is 1. The van der Waals surface area contributed by atoms with Gasteiger partial charge in [0.2, 0.25) is 0 Å². The van der Waals surface area contributed by atoms with E-state index in [1.807, 2.05) is 13.0 Å². The van der Waals surface area contributed by atoms with Gasteiger partial charge < -0.3 is 9.47 Å². The number of carbonyl (C=O) groups excluding carboxylic acids is 1. The summed E-state index contributed by atoms with van der Waals surface area (Å²) in [7, 11) is 1.55. The summed E-state index contributed by atoms with van der Waals surface area (Å²) >= 11 is 6.14. The van der Waals surface area contributed by atoms with Crippen molar-refractivity contribution in [2.24, 2.45) is 0 Å². The molecule has 0 radical (unpaired) electrons. The number of rotatable bonds is 5. The van der Waals surface area contributed by atoms with Gasteiger partial charge in [-0.1, -0.05) is 23.7 Å². The van der Waals surface area contributed by atoms with Gasteiger partial charge in [0.15, 0.2) is 5.78 Å². The van der Waals surface area contributed by atoms with Crippen molar-refractivity contribution in [1.82, 2.24) is 0 Å². The Kier molecular flexibility index (Phi) is 4.64. The third-order valence-electron chi connectivity index (χ3n) is 2.85. The number of benzene rings is 2. The highest BCUT2D eigenvalue weighted by atomic mass is 35.5. The normalized spacial score (nSPS) is 10.2. The summed E-state index contributed by atoms with van der Waals surface area (Å²) < 4.78 is 10.6. The van der Waals surface area contributed by atoms with Gasteiger partial charge in [-0.25, -0.2) is 0 Å². The van der Waals surface area contributed by atoms with E-state index in [0.717, 1.165) is 0 Å². The fraction of sp³-hybridized carbons (Fsp3) is 0.188. The van der Waals surface area contributed by atoms with Gasteiger partial charge in [-0.15, -0.1) is 0 Å². The van der Waals surface area contributed by atoms with E-state index in [0.29, 0.717) is 34.3 Å². The number of methoxy groups -OCH3 is 1. The lowest BCUT2D eigenvalue weighted by Crippen LogP contribution is -2.06. The first-order chi connectivity index (χ1) is 9.67. The van der Waals surface area contributed by atoms with Crippen LogP contribution in [0.2, 0.25) is 5.02 Å². The van der Waals surface area contributed by atoms with E-state index in [1.54, 1.807) is 43.5 Å². The van der Waals surface area contributed by atoms with Crippen molar-refractivity contribution in [3.63, 3.8) is 0 Å². The summed E-state index contributed by atoms with van der Waals surface area (Å²) in [5.41, 5.74) is 0.932. The minimum atomic E-state index is -0.165. The summed E-state index contributed by atoms with van der Waals surface area (Å²) in [5.74, 6) is 1.01. The lowest BCUT2D eigenvalue weighted by atomic mass is 10.0. The molecule has 0 heterocycles. The van der Waals surface area contributed by atoms with Gasteiger partial charge in [0.1, 0.15) is 11.5 Å². The van der Waals surface area contributed by atoms with Gasteiger partial charge in [0.25, 0.3) is 0 Å². The van der Waals surface area contributed by atoms with Gasteiger partial charge in [-0.2, -0.15) is 0 Å². The lowest BCUT2D eigenvalue weighted by Gasteiger charge is -2.10. The highest BCUT2D eigenvalue weighted by Crippen LogP contribution is 2.27. The first kappa shape index (κ1) is 14.4. The molecule has 0 aromatic heterocycles. The molecule has 4 heteroatoms. The maximum absolute atomic E-state index is 12.6. The van der Waals surface area contributed by atoms with Crippen molar-refractivity contribution in [2.75, 3.05) is 13.7 Å². The number of ether oxygens (including phenoxy) is 2. The van der Waals surface area contributed by atoms with Crippen LogP contribution < -0.4 is 9.47 Å². The zero-order valence-electron chi connectivity index (χ0n) is 11.4. The second-order valence-corrected chi connectivity index (χ2v) is 4.51. The van der Waals surface area contributed by atoms with Crippen molar-refractivity contribution in [3.05, 3.63) is 58.6 Å². The van der Waals surface area contributed by atoms with Crippen LogP contribution in [-0.2, 0) is 0 Å². The quantitative estimate of drug-likeness (QED) is 0.781. The molecule has 0 amide bonds. The van der Waals surface area contributed by atoms with Crippen LogP contribution in [0.1, 0.15) is 22.8 Å². The predicted octanol–water partition coefficient (Wildman–Crippen LogP) is 3.98. The zero-order chi connectivity index (χ0) is 14.5. The van der Waals surface area contributed by atoms with Gasteiger partial charge >= 0.3 is 0 Å². The van der Waals surface area contributed by atoms with E-state index in [-0.39, 0.29) is 5.78 Å². The summed E-state index contributed by atoms with van der Waals surface area (Å²) in [5, 5.41) is 0.362. The first-order valence-electron chi connectivity index (χ1n) is 6.27. The molecule has 0 saturated heterocycles. The fourth-order valence-corrected chi connectivity index (χ4v) is 2.14. The van der Waals surface area contributed by atoms with Gasteiger partial charge in [0.05, 0.1) is 24.3 Å². The van der Waals surface area contributed by atoms with E-state index in [2.05, 4.69) is 0 Å². The molecule has 0 aliphatic heterocycles. The van der Waals surface area contributed by atoms with Crippen molar-refractivity contribution in [1.29, 1.82) is 0 Å². The topological polar surface area (TPSA) is 35.5 Å². The molecule has 2 rings (SSSR count). The Balaban J connectivity index is 2.41. The molecule has 2 aromatic carbocycles. The van der Waals surface area contributed by atoms with Gasteiger partial charge in [0, 0.05) is 5.56 Å². The van der Waals surface area contributed by atoms with E-state index < -0.39 is 0 Å². The molecular formula is C16H15ClO3. The summed E-state index contributed by atoms with van der Waals surface area (Å²) in [6.07, 6.45) is 0. The van der Waals surface area contributed by atoms with Crippen LogP contribution in [0.25, 0.3) is 0 Å². The van der Waals surface area contributed by atoms with Crippen molar-refractivity contribution < 1.29 is 14.3 Å². The van der Waals surface area contributed by atoms with Crippen LogP contribution in [0.4, 0.5) is 0 Å². The molecule has 20 heavy (non-hydrogen) atoms. The summed E-state index contributed by atoms with van der Waals surface area (Å²) in [6.45, 7) is 2.38. The second-order valence-electron chi connectivity index (χ2n) is 4.10. The Morgan fingerprint density at radius 3 is 2.55 bits per heavy atom. The maximum Gasteiger partial charge on any atom is 0.198 e. The Morgan fingerprint density at radius 1 is 1.15 bits per heavy atom. The molecule has 3 nitrogen and oxygen atoms in total. The van der Waals surface area contributed by atoms with Crippen LogP contribution in [0.5, 0.6) is 11.5 Å². The minimum absolute atomic E-state index is 0.165. The maximum atomic E-state index is 12.6. The smallest absolute Gasteiger partial charge is 0.198 e. The molecule has 0 bridgehead atoms. The van der Waals surface area contributed by atoms with Crippen LogP contribution in [0.15, 0.2) is 42.5 Å². The second kappa shape index (κ2) is 6.44. The molecule has 2 aromatic rings. The van der Waals surface area contributed by atoms with Gasteiger partial charge in [-0.3, -0.25) is 4.79 Å². The molecular weight excluding hydrogens is 276 g/mol. The van der Waals surface area contributed by atoms with Crippen molar-refractivity contribution in [3.8, 4) is 11.5 Å². The zero-order valence-corrected chi connectivity index (χ0v) is 12.1. The molecule has 104 valence electrons. The average Bonchev–Trinajstić information content (AvgIpc) is 2.47. The van der Waals surface area contributed by atoms with Crippen molar-refractivity contribution >= 4 is 17.4 Å². The van der Waals surface area contributed by atoms with E-state index in [9.17, 15) is 4.79 Å². The number of hydrogen-bond acceptors (Lipinski definition) is 3. The standard InChI is InChI=1S/C16H15ClO3/c1-3-20-15-7-5-4-6-13(15)16(18)12-9-8-11(19-2)10-14(12)17/h4-10H,3H2,1-2H3.